The molecule has 1 aromatic heterocycles. The highest BCUT2D eigenvalue weighted by atomic mass is 35.5. The van der Waals surface area contributed by atoms with E-state index in [0.29, 0.717) is 31.6 Å². The first kappa shape index (κ1) is 21.2. The molecule has 0 spiro atoms. The number of rotatable bonds is 5. The normalized spacial score (nSPS) is 18.3. The first-order chi connectivity index (χ1) is 15.3. The third kappa shape index (κ3) is 3.72. The number of amides is 1. The molecule has 1 saturated heterocycles. The molecular weight excluding hydrogens is 475 g/mol. The fourth-order valence-corrected chi connectivity index (χ4v) is 6.14. The molecule has 11 heteroatoms. The van der Waals surface area contributed by atoms with Gasteiger partial charge in [-0.3, -0.25) is 9.52 Å². The van der Waals surface area contributed by atoms with Crippen molar-refractivity contribution in [3.63, 3.8) is 0 Å². The number of anilines is 3. The maximum absolute atomic E-state index is 13.8. The lowest BCUT2D eigenvalue weighted by molar-refractivity contribution is -0.118. The second-order valence-corrected chi connectivity index (χ2v) is 10.6. The number of hydrogen-bond donors (Lipinski definition) is 1. The van der Waals surface area contributed by atoms with Gasteiger partial charge < -0.3 is 9.80 Å². The molecule has 5 rings (SSSR count). The average Bonchev–Trinajstić information content (AvgIpc) is 3.49. The number of nitrogens with one attached hydrogen (secondary N) is 1. The zero-order valence-corrected chi connectivity index (χ0v) is 19.1. The van der Waals surface area contributed by atoms with Crippen LogP contribution in [0.1, 0.15) is 14.8 Å². The summed E-state index contributed by atoms with van der Waals surface area (Å²) in [5.41, 5.74) is 2.27. The monoisotopic (exact) mass is 496 g/mol. The number of carbonyl (C=O) groups excluding carboxylic acids is 1. The van der Waals surface area contributed by atoms with Crippen molar-refractivity contribution in [1.82, 2.24) is 4.98 Å². The van der Waals surface area contributed by atoms with E-state index in [1.807, 2.05) is 4.90 Å². The van der Waals surface area contributed by atoms with Gasteiger partial charge in [-0.1, -0.05) is 11.6 Å². The van der Waals surface area contributed by atoms with Crippen LogP contribution in [0.2, 0.25) is 5.02 Å². The molecule has 0 bridgehead atoms. The molecule has 1 N–H and O–H groups in total. The fourth-order valence-electron chi connectivity index (χ4n) is 4.19. The Bertz CT molecular complexity index is 1290. The van der Waals surface area contributed by atoms with Crippen molar-refractivity contribution in [3.8, 4) is 0 Å². The Morgan fingerprint density at radius 3 is 2.72 bits per heavy atom. The Morgan fingerprint density at radius 2 is 2.00 bits per heavy atom. The van der Waals surface area contributed by atoms with E-state index in [4.69, 9.17) is 11.6 Å². The summed E-state index contributed by atoms with van der Waals surface area (Å²) < 4.78 is 41.3. The molecule has 1 atom stereocenters. The highest BCUT2D eigenvalue weighted by Gasteiger charge is 2.39. The summed E-state index contributed by atoms with van der Waals surface area (Å²) in [6, 6.07) is 8.85. The number of halogens is 2. The number of thiazole rings is 1. The molecule has 3 aromatic rings. The van der Waals surface area contributed by atoms with Crippen LogP contribution in [0.4, 0.5) is 20.9 Å². The van der Waals surface area contributed by atoms with E-state index in [0.717, 1.165) is 11.3 Å². The largest absolute Gasteiger partial charge is 0.359 e. The van der Waals surface area contributed by atoms with E-state index < -0.39 is 15.8 Å². The molecule has 3 heterocycles. The number of fused-ring (bicyclic) bond motifs is 1. The number of nitrogens with zero attached hydrogens (tertiary/aromatic N) is 3. The summed E-state index contributed by atoms with van der Waals surface area (Å²) in [4.78, 5) is 20.8. The van der Waals surface area contributed by atoms with Crippen LogP contribution in [0, 0.1) is 5.82 Å². The quantitative estimate of drug-likeness (QED) is 0.566. The van der Waals surface area contributed by atoms with Gasteiger partial charge in [-0.05, 0) is 54.8 Å². The van der Waals surface area contributed by atoms with Crippen molar-refractivity contribution < 1.29 is 20.5 Å². The predicted molar refractivity (Wildman–Crippen MR) is 127 cm³/mol. The van der Waals surface area contributed by atoms with E-state index in [9.17, 15) is 17.6 Å². The van der Waals surface area contributed by atoms with Gasteiger partial charge in [0.25, 0.3) is 10.0 Å². The summed E-state index contributed by atoms with van der Waals surface area (Å²) in [6.07, 6.45) is 2.79. The Hall–Kier alpha value is -2.69. The fraction of sp³-hybridized carbons (Fsp3) is 0.238. The molecule has 0 unspecified atom stereocenters. The number of hydrogen-bond acceptors (Lipinski definition) is 6. The number of carbonyl (C=O) groups is 1. The Morgan fingerprint density at radius 1 is 1.22 bits per heavy atom. The first-order valence-corrected chi connectivity index (χ1v) is 12.7. The van der Waals surface area contributed by atoms with Gasteiger partial charge in [0.2, 0.25) is 5.91 Å². The molecule has 7 nitrogen and oxygen atoms in total. The third-order valence-corrected chi connectivity index (χ3v) is 8.18. The minimum Gasteiger partial charge on any atom is -0.359 e. The number of sulfonamides is 1. The summed E-state index contributed by atoms with van der Waals surface area (Å²) in [6.45, 7) is 1.13. The molecule has 170 valence electrons. The first-order valence-electron chi connectivity index (χ1n) is 9.92. The van der Waals surface area contributed by atoms with Crippen LogP contribution in [-0.2, 0) is 21.2 Å². The van der Waals surface area contributed by atoms with Crippen molar-refractivity contribution >= 4 is 55.4 Å². The topological polar surface area (TPSA) is 82.6 Å². The van der Waals surface area contributed by atoms with Crippen molar-refractivity contribution in [2.45, 2.75) is 23.8 Å². The van der Waals surface area contributed by atoms with Gasteiger partial charge in [0.15, 0.2) is 5.13 Å². The molecule has 0 radical (unpaired) electrons. The van der Waals surface area contributed by atoms with Crippen molar-refractivity contribution in [2.24, 2.45) is 0 Å². The molecule has 2 aromatic carbocycles. The van der Waals surface area contributed by atoms with Gasteiger partial charge in [-0.2, -0.15) is 0 Å². The van der Waals surface area contributed by atoms with Crippen LogP contribution < -0.4 is 14.5 Å². The van der Waals surface area contributed by atoms with E-state index in [-0.39, 0.29) is 29.9 Å². The number of benzene rings is 2. The van der Waals surface area contributed by atoms with Gasteiger partial charge in [0.05, 0.1) is 9.92 Å². The lowest BCUT2D eigenvalue weighted by Gasteiger charge is -2.26. The lowest BCUT2D eigenvalue weighted by Crippen LogP contribution is -2.41. The molecule has 32 heavy (non-hydrogen) atoms. The van der Waals surface area contributed by atoms with Crippen LogP contribution in [-0.4, -0.2) is 38.4 Å². The van der Waals surface area contributed by atoms with Crippen LogP contribution >= 0.6 is 22.9 Å². The second kappa shape index (κ2) is 8.02. The summed E-state index contributed by atoms with van der Waals surface area (Å²) in [5, 5.41) is 2.01. The van der Waals surface area contributed by atoms with Gasteiger partial charge >= 0.3 is 0 Å². The van der Waals surface area contributed by atoms with Gasteiger partial charge in [-0.25, -0.2) is 17.8 Å². The van der Waals surface area contributed by atoms with Crippen molar-refractivity contribution in [2.75, 3.05) is 27.6 Å². The standard InChI is InChI=1S/C21H18ClFN4O3S2.2H2/c22-16-12-19-13(11-17(16)23)5-8-27(19)18-6-9-26(20(18)28)14-1-3-15(4-2-14)32(29,30)25-21-24-7-10-31-21;;/h1-4,7,10-12,18H,5-6,8-9H2,(H,24,25);2*1H/t18-;;/m0../s1. The zero-order valence-electron chi connectivity index (χ0n) is 16.7. The SMILES string of the molecule is O=C1[C@@H](N2CCc3cc(F)c(Cl)cc32)CCN1c1ccc(S(=O)(=O)Nc2nccs2)cc1.[HH].[HH]. The smallest absolute Gasteiger partial charge is 0.263 e. The summed E-state index contributed by atoms with van der Waals surface area (Å²) in [7, 11) is -3.76. The van der Waals surface area contributed by atoms with E-state index in [1.54, 1.807) is 28.5 Å². The zero-order chi connectivity index (χ0) is 22.5. The molecule has 1 fully saturated rings. The number of aromatic nitrogens is 1. The minimum atomic E-state index is -3.76. The minimum absolute atomic E-state index is 0. The highest BCUT2D eigenvalue weighted by molar-refractivity contribution is 7.93. The maximum atomic E-state index is 13.8. The average molecular weight is 497 g/mol. The van der Waals surface area contributed by atoms with E-state index in [2.05, 4.69) is 9.71 Å². The van der Waals surface area contributed by atoms with Gasteiger partial charge in [0, 0.05) is 38.9 Å². The Balaban J connectivity index is 0.00000162. The van der Waals surface area contributed by atoms with Crippen molar-refractivity contribution in [1.29, 1.82) is 0 Å². The molecule has 2 aliphatic heterocycles. The predicted octanol–water partition coefficient (Wildman–Crippen LogP) is 4.40. The lowest BCUT2D eigenvalue weighted by atomic mass is 10.1. The van der Waals surface area contributed by atoms with E-state index in [1.165, 1.54) is 35.7 Å². The van der Waals surface area contributed by atoms with Crippen LogP contribution in [0.3, 0.4) is 0 Å². The van der Waals surface area contributed by atoms with Crippen LogP contribution in [0.15, 0.2) is 52.9 Å². The summed E-state index contributed by atoms with van der Waals surface area (Å²) >= 11 is 7.16. The van der Waals surface area contributed by atoms with Crippen LogP contribution in [0.25, 0.3) is 0 Å². The van der Waals surface area contributed by atoms with Gasteiger partial charge in [-0.15, -0.1) is 11.3 Å². The maximum Gasteiger partial charge on any atom is 0.263 e. The highest BCUT2D eigenvalue weighted by Crippen LogP contribution is 2.37. The van der Waals surface area contributed by atoms with Crippen LogP contribution in [0.5, 0.6) is 0 Å². The second-order valence-electron chi connectivity index (χ2n) is 7.57. The summed E-state index contributed by atoms with van der Waals surface area (Å²) in [5.74, 6) is -0.527. The molecular formula is C21H22ClFN4O3S2. The third-order valence-electron chi connectivity index (χ3n) is 5.72. The van der Waals surface area contributed by atoms with Crippen molar-refractivity contribution in [3.05, 3.63) is 64.4 Å². The Labute approximate surface area is 196 Å². The van der Waals surface area contributed by atoms with E-state index >= 15 is 0 Å². The Kier molecular flexibility index (Phi) is 5.31. The van der Waals surface area contributed by atoms with Gasteiger partial charge in [0.1, 0.15) is 11.9 Å². The molecule has 1 amide bonds. The molecule has 0 aliphatic carbocycles. The molecule has 2 aliphatic rings. The molecule has 0 saturated carbocycles.